The molecule has 24 heavy (non-hydrogen) atoms. The second kappa shape index (κ2) is 7.21. The topological polar surface area (TPSA) is 64.2 Å². The molecule has 0 radical (unpaired) electrons. The van der Waals surface area contributed by atoms with Crippen molar-refractivity contribution < 1.29 is 9.47 Å². The number of nitrogens with one attached hydrogen (secondary N) is 1. The summed E-state index contributed by atoms with van der Waals surface area (Å²) in [6.45, 7) is 2.67. The van der Waals surface area contributed by atoms with E-state index >= 15 is 0 Å². The van der Waals surface area contributed by atoms with Gasteiger partial charge in [-0.25, -0.2) is 4.98 Å². The molecule has 0 unspecified atom stereocenters. The number of aromatic nitrogens is 2. The fourth-order valence-electron chi connectivity index (χ4n) is 2.42. The lowest BCUT2D eigenvalue weighted by Crippen LogP contribution is -2.09. The molecule has 6 heteroatoms. The summed E-state index contributed by atoms with van der Waals surface area (Å²) in [5.74, 6) is 1.85. The number of hydrogen-bond acceptors (Lipinski definition) is 4. The Balaban J connectivity index is 2.13. The zero-order chi connectivity index (χ0) is 17.1. The fraction of sp³-hybridized carbons (Fsp3) is 0.222. The van der Waals surface area contributed by atoms with Crippen LogP contribution in [0.15, 0.2) is 41.2 Å². The molecule has 0 amide bonds. The number of benzene rings is 2. The van der Waals surface area contributed by atoms with E-state index in [1.54, 1.807) is 13.2 Å². The van der Waals surface area contributed by atoms with Crippen molar-refractivity contribution in [3.63, 3.8) is 0 Å². The molecule has 1 N–H and O–H groups in total. The summed E-state index contributed by atoms with van der Waals surface area (Å²) in [6.07, 6.45) is 0.917. The molecule has 0 atom stereocenters. The Labute approximate surface area is 153 Å². The fourth-order valence-corrected chi connectivity index (χ4v) is 3.18. The van der Waals surface area contributed by atoms with Crippen molar-refractivity contribution in [2.75, 3.05) is 13.7 Å². The van der Waals surface area contributed by atoms with E-state index in [1.165, 1.54) is 0 Å². The first-order valence-corrected chi connectivity index (χ1v) is 8.71. The maximum Gasteiger partial charge on any atom is 0.259 e. The molecule has 3 rings (SSSR count). The molecule has 0 saturated heterocycles. The Kier molecular flexibility index (Phi) is 5.03. The summed E-state index contributed by atoms with van der Waals surface area (Å²) in [7, 11) is 1.60. The van der Waals surface area contributed by atoms with E-state index in [9.17, 15) is 4.79 Å². The number of H-pyrrole nitrogens is 1. The van der Waals surface area contributed by atoms with Crippen LogP contribution < -0.4 is 15.0 Å². The first-order chi connectivity index (χ1) is 11.6. The molecule has 124 valence electrons. The molecule has 0 spiro atoms. The molecule has 2 aromatic carbocycles. The molecule has 0 fully saturated rings. The van der Waals surface area contributed by atoms with Crippen molar-refractivity contribution in [1.29, 1.82) is 0 Å². The number of rotatable bonds is 5. The third-order valence-electron chi connectivity index (χ3n) is 3.57. The molecule has 0 aliphatic rings. The minimum Gasteiger partial charge on any atom is -0.493 e. The first-order valence-electron chi connectivity index (χ1n) is 7.63. The van der Waals surface area contributed by atoms with Gasteiger partial charge in [0.15, 0.2) is 11.5 Å². The van der Waals surface area contributed by atoms with Crippen molar-refractivity contribution >= 4 is 33.5 Å². The molecule has 0 saturated carbocycles. The maximum absolute atomic E-state index is 12.3. The minimum absolute atomic E-state index is 0.157. The Hall–Kier alpha value is -2.09. The van der Waals surface area contributed by atoms with Crippen LogP contribution in [0.1, 0.15) is 13.3 Å². The van der Waals surface area contributed by atoms with Crippen LogP contribution in [0.5, 0.6) is 11.5 Å². The molecule has 3 aromatic rings. The van der Waals surface area contributed by atoms with Gasteiger partial charge >= 0.3 is 0 Å². The van der Waals surface area contributed by atoms with Gasteiger partial charge < -0.3 is 14.5 Å². The second-order valence-corrected chi connectivity index (χ2v) is 6.43. The minimum atomic E-state index is -0.157. The van der Waals surface area contributed by atoms with E-state index in [-0.39, 0.29) is 5.56 Å². The quantitative estimate of drug-likeness (QED) is 0.615. The highest BCUT2D eigenvalue weighted by Crippen LogP contribution is 2.36. The lowest BCUT2D eigenvalue weighted by atomic mass is 10.1. The highest BCUT2D eigenvalue weighted by atomic mass is 127. The van der Waals surface area contributed by atoms with Crippen LogP contribution in [0.2, 0.25) is 0 Å². The van der Waals surface area contributed by atoms with Crippen LogP contribution >= 0.6 is 22.6 Å². The molecular weight excluding hydrogens is 419 g/mol. The SMILES string of the molecule is CCCOc1c(I)cc(-c2nc3ccccc3c(=O)[nH]2)cc1OC. The predicted molar refractivity (Wildman–Crippen MR) is 103 cm³/mol. The summed E-state index contributed by atoms with van der Waals surface area (Å²) in [6, 6.07) is 11.0. The van der Waals surface area contributed by atoms with Crippen molar-refractivity contribution in [2.45, 2.75) is 13.3 Å². The number of aromatic amines is 1. The van der Waals surface area contributed by atoms with Crippen LogP contribution in [0.4, 0.5) is 0 Å². The summed E-state index contributed by atoms with van der Waals surface area (Å²) < 4.78 is 12.1. The number of fused-ring (bicyclic) bond motifs is 1. The van der Waals surface area contributed by atoms with Gasteiger partial charge in [-0.05, 0) is 53.3 Å². The molecule has 1 heterocycles. The van der Waals surface area contributed by atoms with Gasteiger partial charge in [0.05, 0.1) is 28.2 Å². The Morgan fingerprint density at radius 2 is 2.04 bits per heavy atom. The maximum atomic E-state index is 12.3. The molecule has 0 aliphatic heterocycles. The van der Waals surface area contributed by atoms with E-state index < -0.39 is 0 Å². The second-order valence-electron chi connectivity index (χ2n) is 5.27. The number of halogens is 1. The molecule has 0 bridgehead atoms. The molecule has 0 aliphatic carbocycles. The number of nitrogens with zero attached hydrogens (tertiary/aromatic N) is 1. The Bertz CT molecular complexity index is 937. The number of para-hydroxylation sites is 1. The molecular formula is C18H17IN2O3. The average molecular weight is 436 g/mol. The van der Waals surface area contributed by atoms with Crippen LogP contribution in [0, 0.1) is 3.57 Å². The van der Waals surface area contributed by atoms with E-state index in [2.05, 4.69) is 39.5 Å². The predicted octanol–water partition coefficient (Wildman–Crippen LogP) is 3.99. The monoisotopic (exact) mass is 436 g/mol. The van der Waals surface area contributed by atoms with Crippen LogP contribution in [-0.2, 0) is 0 Å². The molecule has 5 nitrogen and oxygen atoms in total. The van der Waals surface area contributed by atoms with Gasteiger partial charge in [-0.1, -0.05) is 19.1 Å². The van der Waals surface area contributed by atoms with Gasteiger partial charge in [-0.15, -0.1) is 0 Å². The Morgan fingerprint density at radius 3 is 2.79 bits per heavy atom. The summed E-state index contributed by atoms with van der Waals surface area (Å²) >= 11 is 2.20. The normalized spacial score (nSPS) is 10.8. The highest BCUT2D eigenvalue weighted by Gasteiger charge is 2.14. The van der Waals surface area contributed by atoms with E-state index in [4.69, 9.17) is 9.47 Å². The van der Waals surface area contributed by atoms with E-state index in [1.807, 2.05) is 30.3 Å². The lowest BCUT2D eigenvalue weighted by Gasteiger charge is -2.14. The average Bonchev–Trinajstić information content (AvgIpc) is 2.60. The Morgan fingerprint density at radius 1 is 1.25 bits per heavy atom. The smallest absolute Gasteiger partial charge is 0.259 e. The summed E-state index contributed by atoms with van der Waals surface area (Å²) in [5, 5.41) is 0.575. The van der Waals surface area contributed by atoms with Gasteiger partial charge in [0.2, 0.25) is 0 Å². The van der Waals surface area contributed by atoms with Crippen molar-refractivity contribution in [2.24, 2.45) is 0 Å². The van der Waals surface area contributed by atoms with Gasteiger partial charge in [0.1, 0.15) is 5.82 Å². The number of hydrogen-bond donors (Lipinski definition) is 1. The van der Waals surface area contributed by atoms with E-state index in [0.717, 1.165) is 15.6 Å². The van der Waals surface area contributed by atoms with Crippen molar-refractivity contribution in [3.05, 3.63) is 50.3 Å². The third-order valence-corrected chi connectivity index (χ3v) is 4.37. The van der Waals surface area contributed by atoms with E-state index in [0.29, 0.717) is 34.8 Å². The van der Waals surface area contributed by atoms with Crippen LogP contribution in [0.3, 0.4) is 0 Å². The highest BCUT2D eigenvalue weighted by molar-refractivity contribution is 14.1. The van der Waals surface area contributed by atoms with Gasteiger partial charge in [0, 0.05) is 5.56 Å². The van der Waals surface area contributed by atoms with Crippen molar-refractivity contribution in [1.82, 2.24) is 9.97 Å². The standard InChI is InChI=1S/C18H17IN2O3/c1-3-8-24-16-13(19)9-11(10-15(16)23-2)17-20-14-7-5-4-6-12(14)18(22)21-17/h4-7,9-10H,3,8H2,1-2H3,(H,20,21,22). The van der Waals surface area contributed by atoms with Gasteiger partial charge in [0.25, 0.3) is 5.56 Å². The van der Waals surface area contributed by atoms with Crippen LogP contribution in [0.25, 0.3) is 22.3 Å². The van der Waals surface area contributed by atoms with Crippen LogP contribution in [-0.4, -0.2) is 23.7 Å². The van der Waals surface area contributed by atoms with Gasteiger partial charge in [-0.2, -0.15) is 0 Å². The third kappa shape index (κ3) is 3.24. The zero-order valence-electron chi connectivity index (χ0n) is 13.4. The largest absolute Gasteiger partial charge is 0.493 e. The molecule has 1 aromatic heterocycles. The summed E-state index contributed by atoms with van der Waals surface area (Å²) in [4.78, 5) is 19.7. The van der Waals surface area contributed by atoms with Crippen molar-refractivity contribution in [3.8, 4) is 22.9 Å². The zero-order valence-corrected chi connectivity index (χ0v) is 15.6. The lowest BCUT2D eigenvalue weighted by molar-refractivity contribution is 0.292. The summed E-state index contributed by atoms with van der Waals surface area (Å²) in [5.41, 5.74) is 1.29. The number of ether oxygens (including phenoxy) is 2. The number of methoxy groups -OCH3 is 1. The first kappa shape index (κ1) is 16.8. The van der Waals surface area contributed by atoms with Gasteiger partial charge in [-0.3, -0.25) is 4.79 Å².